The Hall–Kier alpha value is -0.860. The van der Waals surface area contributed by atoms with Crippen LogP contribution in [0, 0.1) is 11.8 Å². The molecular weight excluding hydrogens is 270 g/mol. The van der Waals surface area contributed by atoms with Gasteiger partial charge in [-0.05, 0) is 37.5 Å². The van der Waals surface area contributed by atoms with Crippen molar-refractivity contribution in [3.63, 3.8) is 0 Å². The Morgan fingerprint density at radius 1 is 1.00 bits per heavy atom. The number of Topliss-reactive ketones (excluding diaryl/α,β-unsaturated/α-hetero) is 1. The van der Waals surface area contributed by atoms with Crippen molar-refractivity contribution < 1.29 is 4.79 Å². The van der Waals surface area contributed by atoms with Crippen LogP contribution in [-0.4, -0.2) is 30.3 Å². The van der Waals surface area contributed by atoms with Gasteiger partial charge < -0.3 is 4.90 Å². The zero-order valence-electron chi connectivity index (χ0n) is 12.0. The maximum atomic E-state index is 12.1. The number of ketones is 1. The molecule has 0 aromatic heterocycles. The molecule has 0 unspecified atom stereocenters. The van der Waals surface area contributed by atoms with Crippen molar-refractivity contribution in [3.8, 4) is 0 Å². The Balaban J connectivity index is 0.00000147. The van der Waals surface area contributed by atoms with Crippen LogP contribution in [0.25, 0.3) is 0 Å². The molecule has 1 aliphatic carbocycles. The largest absolute Gasteiger partial charge is 0.302 e. The maximum Gasteiger partial charge on any atom is 0.164 e. The molecule has 3 heteroatoms. The molecule has 0 radical (unpaired) electrons. The highest BCUT2D eigenvalue weighted by molar-refractivity contribution is 5.96. The third kappa shape index (κ3) is 3.83. The number of nitrogens with zero attached hydrogens (tertiary/aromatic N) is 1. The molecule has 3 fully saturated rings. The molecule has 0 spiro atoms. The van der Waals surface area contributed by atoms with E-state index in [2.05, 4.69) is 4.90 Å². The highest BCUT2D eigenvalue weighted by atomic mass is 35.5. The minimum Gasteiger partial charge on any atom is -0.302 e. The van der Waals surface area contributed by atoms with Crippen molar-refractivity contribution in [2.75, 3.05) is 19.6 Å². The summed E-state index contributed by atoms with van der Waals surface area (Å²) in [5, 5.41) is 0. The number of carbonyl (C=O) groups is 1. The Bertz CT molecular complexity index is 412. The predicted octanol–water partition coefficient (Wildman–Crippen LogP) is 3.80. The second-order valence-electron chi connectivity index (χ2n) is 6.19. The fourth-order valence-corrected chi connectivity index (χ4v) is 3.61. The summed E-state index contributed by atoms with van der Waals surface area (Å²) in [6.45, 7) is 3.39. The molecular formula is C17H24ClNO. The summed E-state index contributed by atoms with van der Waals surface area (Å²) in [4.78, 5) is 14.7. The van der Waals surface area contributed by atoms with Crippen LogP contribution in [-0.2, 0) is 0 Å². The zero-order chi connectivity index (χ0) is 13.1. The van der Waals surface area contributed by atoms with Gasteiger partial charge in [-0.3, -0.25) is 4.79 Å². The number of hydrogen-bond acceptors (Lipinski definition) is 2. The van der Waals surface area contributed by atoms with Gasteiger partial charge in [-0.15, -0.1) is 12.4 Å². The smallest absolute Gasteiger partial charge is 0.164 e. The summed E-state index contributed by atoms with van der Waals surface area (Å²) < 4.78 is 0. The SMILES string of the molecule is Cl.O=C(CCN1CC2CCC(CC2)C1)c1ccccc1. The van der Waals surface area contributed by atoms with Crippen LogP contribution < -0.4 is 0 Å². The minimum absolute atomic E-state index is 0. The molecule has 20 heavy (non-hydrogen) atoms. The third-order valence-corrected chi connectivity index (χ3v) is 4.75. The lowest BCUT2D eigenvalue weighted by Crippen LogP contribution is -2.30. The highest BCUT2D eigenvalue weighted by Gasteiger charge is 2.29. The molecule has 1 saturated carbocycles. The summed E-state index contributed by atoms with van der Waals surface area (Å²) in [5.41, 5.74) is 0.861. The molecule has 2 nitrogen and oxygen atoms in total. The summed E-state index contributed by atoms with van der Waals surface area (Å²) in [6.07, 6.45) is 6.31. The van der Waals surface area contributed by atoms with Gasteiger partial charge in [0.05, 0.1) is 0 Å². The molecule has 1 aromatic carbocycles. The van der Waals surface area contributed by atoms with E-state index in [1.165, 1.54) is 38.8 Å². The van der Waals surface area contributed by atoms with Gasteiger partial charge in [-0.25, -0.2) is 0 Å². The summed E-state index contributed by atoms with van der Waals surface area (Å²) in [7, 11) is 0. The molecule has 2 saturated heterocycles. The molecule has 2 bridgehead atoms. The van der Waals surface area contributed by atoms with Crippen LogP contribution in [0.3, 0.4) is 0 Å². The monoisotopic (exact) mass is 293 g/mol. The lowest BCUT2D eigenvalue weighted by molar-refractivity contribution is 0.0961. The molecule has 0 atom stereocenters. The quantitative estimate of drug-likeness (QED) is 0.787. The van der Waals surface area contributed by atoms with E-state index in [4.69, 9.17) is 0 Å². The molecule has 0 N–H and O–H groups in total. The Morgan fingerprint density at radius 2 is 1.55 bits per heavy atom. The Labute approximate surface area is 128 Å². The van der Waals surface area contributed by atoms with E-state index in [1.807, 2.05) is 30.3 Å². The molecule has 0 amide bonds. The van der Waals surface area contributed by atoms with Crippen LogP contribution in [0.15, 0.2) is 30.3 Å². The standard InChI is InChI=1S/C17H23NO.ClH/c19-17(16-4-2-1-3-5-16)10-11-18-12-14-6-7-15(13-18)9-8-14;/h1-5,14-15H,6-13H2;1H. The van der Waals surface area contributed by atoms with Crippen LogP contribution in [0.2, 0.25) is 0 Å². The van der Waals surface area contributed by atoms with Gasteiger partial charge in [0.2, 0.25) is 0 Å². The number of carbonyl (C=O) groups excluding carboxylic acids is 1. The first-order valence-electron chi connectivity index (χ1n) is 7.62. The summed E-state index contributed by atoms with van der Waals surface area (Å²) >= 11 is 0. The first-order chi connectivity index (χ1) is 9.31. The van der Waals surface area contributed by atoms with E-state index in [9.17, 15) is 4.79 Å². The average Bonchev–Trinajstić information content (AvgIpc) is 2.78. The molecule has 110 valence electrons. The van der Waals surface area contributed by atoms with Gasteiger partial charge in [-0.2, -0.15) is 0 Å². The van der Waals surface area contributed by atoms with E-state index in [1.54, 1.807) is 0 Å². The van der Waals surface area contributed by atoms with Crippen molar-refractivity contribution in [1.82, 2.24) is 4.90 Å². The van der Waals surface area contributed by atoms with Crippen molar-refractivity contribution in [1.29, 1.82) is 0 Å². The molecule has 2 aliphatic heterocycles. The summed E-state index contributed by atoms with van der Waals surface area (Å²) in [6, 6.07) is 9.70. The number of rotatable bonds is 4. The Morgan fingerprint density at radius 3 is 2.10 bits per heavy atom. The highest BCUT2D eigenvalue weighted by Crippen LogP contribution is 2.33. The van der Waals surface area contributed by atoms with Crippen molar-refractivity contribution in [3.05, 3.63) is 35.9 Å². The Kier molecular flexibility index (Phi) is 5.62. The van der Waals surface area contributed by atoms with E-state index in [0.717, 1.165) is 23.9 Å². The second kappa shape index (κ2) is 7.24. The maximum absolute atomic E-state index is 12.1. The van der Waals surface area contributed by atoms with Crippen molar-refractivity contribution in [2.24, 2.45) is 11.8 Å². The van der Waals surface area contributed by atoms with Crippen molar-refractivity contribution >= 4 is 18.2 Å². The van der Waals surface area contributed by atoms with Gasteiger partial charge in [0, 0.05) is 31.6 Å². The minimum atomic E-state index is 0. The fraction of sp³-hybridized carbons (Fsp3) is 0.588. The third-order valence-electron chi connectivity index (χ3n) is 4.75. The summed E-state index contributed by atoms with van der Waals surface area (Å²) in [5.74, 6) is 2.08. The van der Waals surface area contributed by atoms with E-state index < -0.39 is 0 Å². The number of benzene rings is 1. The van der Waals surface area contributed by atoms with Gasteiger partial charge in [0.1, 0.15) is 0 Å². The molecule has 3 aliphatic rings. The second-order valence-corrected chi connectivity index (χ2v) is 6.19. The van der Waals surface area contributed by atoms with Crippen molar-refractivity contribution in [2.45, 2.75) is 32.1 Å². The van der Waals surface area contributed by atoms with Gasteiger partial charge in [0.15, 0.2) is 5.78 Å². The average molecular weight is 294 g/mol. The van der Waals surface area contributed by atoms with Crippen LogP contribution in [0.4, 0.5) is 0 Å². The topological polar surface area (TPSA) is 20.3 Å². The number of halogens is 1. The first-order valence-corrected chi connectivity index (χ1v) is 7.62. The normalized spacial score (nSPS) is 25.8. The van der Waals surface area contributed by atoms with Crippen LogP contribution >= 0.6 is 12.4 Å². The molecule has 1 aromatic rings. The van der Waals surface area contributed by atoms with E-state index in [0.29, 0.717) is 6.42 Å². The lowest BCUT2D eigenvalue weighted by atomic mass is 9.84. The van der Waals surface area contributed by atoms with E-state index >= 15 is 0 Å². The van der Waals surface area contributed by atoms with Gasteiger partial charge >= 0.3 is 0 Å². The van der Waals surface area contributed by atoms with E-state index in [-0.39, 0.29) is 18.2 Å². The zero-order valence-corrected chi connectivity index (χ0v) is 12.8. The molecule has 2 heterocycles. The van der Waals surface area contributed by atoms with Gasteiger partial charge in [-0.1, -0.05) is 30.3 Å². The number of hydrogen-bond donors (Lipinski definition) is 0. The van der Waals surface area contributed by atoms with Gasteiger partial charge in [0.25, 0.3) is 0 Å². The van der Waals surface area contributed by atoms with Crippen LogP contribution in [0.5, 0.6) is 0 Å². The first kappa shape index (κ1) is 15.5. The van der Waals surface area contributed by atoms with Crippen LogP contribution in [0.1, 0.15) is 42.5 Å². The molecule has 4 rings (SSSR count). The lowest BCUT2D eigenvalue weighted by Gasteiger charge is -2.21. The predicted molar refractivity (Wildman–Crippen MR) is 84.5 cm³/mol. The fourth-order valence-electron chi connectivity index (χ4n) is 3.61. The number of fused-ring (bicyclic) bond motifs is 4.